The van der Waals surface area contributed by atoms with Crippen LogP contribution in [0.4, 0.5) is 0 Å². The molecule has 0 saturated carbocycles. The van der Waals surface area contributed by atoms with Gasteiger partial charge in [-0.2, -0.15) is 0 Å². The van der Waals surface area contributed by atoms with Gasteiger partial charge in [0.15, 0.2) is 0 Å². The van der Waals surface area contributed by atoms with E-state index in [1.165, 1.54) is 0 Å². The van der Waals surface area contributed by atoms with E-state index >= 15 is 0 Å². The summed E-state index contributed by atoms with van der Waals surface area (Å²) < 4.78 is 0. The summed E-state index contributed by atoms with van der Waals surface area (Å²) in [7, 11) is 0. The van der Waals surface area contributed by atoms with Crippen LogP contribution in [0.2, 0.25) is 0 Å². The van der Waals surface area contributed by atoms with Gasteiger partial charge in [-0.1, -0.05) is 55.4 Å². The van der Waals surface area contributed by atoms with Crippen molar-refractivity contribution < 1.29 is 0 Å². The smallest absolute Gasteiger partial charge is 0.0359 e. The first-order valence-corrected chi connectivity index (χ1v) is 9.60. The number of thioether (sulfide) groups is 2. The molecule has 2 atom stereocenters. The van der Waals surface area contributed by atoms with Crippen molar-refractivity contribution in [3.05, 3.63) is 9.75 Å². The molecule has 0 radical (unpaired) electrons. The first-order chi connectivity index (χ1) is 8.51. The Morgan fingerprint density at radius 3 is 1.26 bits per heavy atom. The van der Waals surface area contributed by atoms with Crippen LogP contribution in [0.5, 0.6) is 0 Å². The van der Waals surface area contributed by atoms with Crippen molar-refractivity contribution in [1.82, 2.24) is 0 Å². The predicted molar refractivity (Wildman–Crippen MR) is 92.4 cm³/mol. The highest BCUT2D eigenvalue weighted by Gasteiger charge is 2.36. The van der Waals surface area contributed by atoms with E-state index in [2.05, 4.69) is 90.3 Å². The van der Waals surface area contributed by atoms with Crippen LogP contribution in [0.15, 0.2) is 9.79 Å². The van der Waals surface area contributed by atoms with Gasteiger partial charge in [0, 0.05) is 30.0 Å². The van der Waals surface area contributed by atoms with E-state index in [1.807, 2.05) is 0 Å². The maximum atomic E-state index is 2.37. The summed E-state index contributed by atoms with van der Waals surface area (Å²) in [4.78, 5) is 6.34. The second kappa shape index (κ2) is 4.99. The second-order valence-electron chi connectivity index (χ2n) is 7.56. The highest BCUT2D eigenvalue weighted by atomic mass is 32.2. The number of hydrogen-bond acceptors (Lipinski definition) is 3. The fourth-order valence-electron chi connectivity index (χ4n) is 2.17. The van der Waals surface area contributed by atoms with E-state index in [1.54, 1.807) is 19.5 Å². The van der Waals surface area contributed by atoms with Crippen molar-refractivity contribution in [2.45, 2.75) is 86.5 Å². The Balaban J connectivity index is 2.62. The van der Waals surface area contributed by atoms with Crippen LogP contribution < -0.4 is 0 Å². The van der Waals surface area contributed by atoms with Crippen LogP contribution in [-0.4, -0.2) is 10.5 Å². The molecule has 1 aliphatic rings. The zero-order valence-corrected chi connectivity index (χ0v) is 15.8. The molecule has 3 heteroatoms. The lowest BCUT2D eigenvalue weighted by molar-refractivity contribution is 0.583. The van der Waals surface area contributed by atoms with Crippen LogP contribution >= 0.6 is 34.9 Å². The maximum Gasteiger partial charge on any atom is 0.0359 e. The quantitative estimate of drug-likeness (QED) is 0.549. The van der Waals surface area contributed by atoms with Gasteiger partial charge >= 0.3 is 0 Å². The summed E-state index contributed by atoms with van der Waals surface area (Å²) in [5, 5.41) is 1.42. The average Bonchev–Trinajstić information content (AvgIpc) is 2.56. The van der Waals surface area contributed by atoms with Gasteiger partial charge < -0.3 is 0 Å². The SMILES string of the molecule is CC1Sc2c(C(C)(C)C)sc(C(C)(C)C)c2SC1C. The van der Waals surface area contributed by atoms with E-state index in [0.29, 0.717) is 10.5 Å². The third kappa shape index (κ3) is 3.03. The summed E-state index contributed by atoms with van der Waals surface area (Å²) in [6.07, 6.45) is 0. The van der Waals surface area contributed by atoms with Crippen LogP contribution in [0, 0.1) is 0 Å². The highest BCUT2D eigenvalue weighted by Crippen LogP contribution is 2.56. The lowest BCUT2D eigenvalue weighted by Gasteiger charge is -2.29. The molecule has 0 saturated heterocycles. The summed E-state index contributed by atoms with van der Waals surface area (Å²) in [5.41, 5.74) is 0.512. The molecular weight excluding hydrogens is 288 g/mol. The summed E-state index contributed by atoms with van der Waals surface area (Å²) >= 11 is 6.25. The van der Waals surface area contributed by atoms with Crippen molar-refractivity contribution in [2.24, 2.45) is 0 Å². The van der Waals surface area contributed by atoms with E-state index in [0.717, 1.165) is 0 Å². The van der Waals surface area contributed by atoms with Crippen LogP contribution in [0.1, 0.15) is 65.1 Å². The lowest BCUT2D eigenvalue weighted by Crippen LogP contribution is -2.19. The summed E-state index contributed by atoms with van der Waals surface area (Å²) in [5.74, 6) is 0. The zero-order chi connectivity index (χ0) is 14.6. The van der Waals surface area contributed by atoms with Crippen molar-refractivity contribution in [3.8, 4) is 0 Å². The maximum absolute atomic E-state index is 2.37. The molecule has 0 N–H and O–H groups in total. The third-order valence-electron chi connectivity index (χ3n) is 3.45. The Bertz CT molecular complexity index is 429. The van der Waals surface area contributed by atoms with Gasteiger partial charge in [-0.05, 0) is 10.8 Å². The summed E-state index contributed by atoms with van der Waals surface area (Å²) in [6, 6.07) is 0. The van der Waals surface area contributed by atoms with E-state index in [4.69, 9.17) is 0 Å². The van der Waals surface area contributed by atoms with Crippen LogP contribution in [0.25, 0.3) is 0 Å². The molecule has 0 aromatic carbocycles. The van der Waals surface area contributed by atoms with Gasteiger partial charge in [-0.25, -0.2) is 0 Å². The fraction of sp³-hybridized carbons (Fsp3) is 0.750. The minimum absolute atomic E-state index is 0.256. The van der Waals surface area contributed by atoms with Crippen molar-refractivity contribution in [2.75, 3.05) is 0 Å². The van der Waals surface area contributed by atoms with E-state index in [-0.39, 0.29) is 10.8 Å². The molecule has 108 valence electrons. The Labute approximate surface area is 131 Å². The van der Waals surface area contributed by atoms with Crippen LogP contribution in [-0.2, 0) is 10.8 Å². The second-order valence-corrected chi connectivity index (χ2v) is 11.4. The fourth-order valence-corrected chi connectivity index (χ4v) is 7.03. The Hall–Kier alpha value is 0.400. The number of hydrogen-bond donors (Lipinski definition) is 0. The third-order valence-corrected chi connectivity index (χ3v) is 8.90. The standard InChI is InChI=1S/C16H26S3/c1-9-10(2)18-12-11(17-9)13(15(3,4)5)19-14(12)16(6,7)8/h9-10H,1-8H3. The Morgan fingerprint density at radius 1 is 0.684 bits per heavy atom. The normalized spacial score (nSPS) is 24.4. The van der Waals surface area contributed by atoms with Gasteiger partial charge in [0.1, 0.15) is 0 Å². The highest BCUT2D eigenvalue weighted by molar-refractivity contribution is 8.06. The molecule has 19 heavy (non-hydrogen) atoms. The molecule has 2 unspecified atom stereocenters. The molecule has 2 rings (SSSR count). The molecule has 2 heterocycles. The minimum Gasteiger partial charge on any atom is -0.142 e. The van der Waals surface area contributed by atoms with Gasteiger partial charge in [0.25, 0.3) is 0 Å². The zero-order valence-electron chi connectivity index (χ0n) is 13.4. The largest absolute Gasteiger partial charge is 0.142 e. The minimum atomic E-state index is 0.256. The van der Waals surface area contributed by atoms with Gasteiger partial charge in [0.2, 0.25) is 0 Å². The molecule has 0 aliphatic carbocycles. The summed E-state index contributed by atoms with van der Waals surface area (Å²) in [6.45, 7) is 18.8. The van der Waals surface area contributed by atoms with Gasteiger partial charge in [-0.15, -0.1) is 34.9 Å². The topological polar surface area (TPSA) is 0 Å². The predicted octanol–water partition coefficient (Wildman–Crippen LogP) is 6.32. The van der Waals surface area contributed by atoms with Gasteiger partial charge in [-0.3, -0.25) is 0 Å². The molecule has 1 aromatic rings. The molecule has 0 spiro atoms. The first kappa shape index (κ1) is 15.8. The molecule has 0 nitrogen and oxygen atoms in total. The number of thiophene rings is 1. The number of fused-ring (bicyclic) bond motifs is 1. The van der Waals surface area contributed by atoms with Crippen molar-refractivity contribution in [3.63, 3.8) is 0 Å². The Kier molecular flexibility index (Phi) is 4.15. The number of rotatable bonds is 0. The van der Waals surface area contributed by atoms with E-state index < -0.39 is 0 Å². The van der Waals surface area contributed by atoms with Crippen LogP contribution in [0.3, 0.4) is 0 Å². The van der Waals surface area contributed by atoms with E-state index in [9.17, 15) is 0 Å². The van der Waals surface area contributed by atoms with Crippen molar-refractivity contribution in [1.29, 1.82) is 0 Å². The molecule has 1 aliphatic heterocycles. The molecule has 0 amide bonds. The van der Waals surface area contributed by atoms with Crippen molar-refractivity contribution >= 4 is 34.9 Å². The average molecular weight is 315 g/mol. The molecule has 0 bridgehead atoms. The van der Waals surface area contributed by atoms with Gasteiger partial charge in [0.05, 0.1) is 0 Å². The first-order valence-electron chi connectivity index (χ1n) is 7.03. The molecular formula is C16H26S3. The Morgan fingerprint density at radius 2 is 1.00 bits per heavy atom. The lowest BCUT2D eigenvalue weighted by atomic mass is 9.93. The molecule has 0 fully saturated rings. The monoisotopic (exact) mass is 314 g/mol. The molecule has 1 aromatic heterocycles.